The van der Waals surface area contributed by atoms with Gasteiger partial charge in [0.05, 0.1) is 22.8 Å². The van der Waals surface area contributed by atoms with E-state index in [0.29, 0.717) is 5.82 Å². The maximum absolute atomic E-state index is 5.22. The Hall–Kier alpha value is -8.01. The molecule has 8 aromatic carbocycles. The lowest BCUT2D eigenvalue weighted by Crippen LogP contribution is -2.26. The van der Waals surface area contributed by atoms with E-state index < -0.39 is 0 Å². The predicted octanol–water partition coefficient (Wildman–Crippen LogP) is 16.5. The largest absolute Gasteiger partial charge is 0.248 e. The van der Waals surface area contributed by atoms with Gasteiger partial charge in [0.15, 0.2) is 5.82 Å². The number of aromatic nitrogens is 2. The number of nitrogens with zero attached hydrogens (tertiary/aromatic N) is 3. The monoisotopic (exact) mass is 851 g/mol. The van der Waals surface area contributed by atoms with Crippen molar-refractivity contribution in [2.24, 2.45) is 4.99 Å². The molecule has 0 aliphatic carbocycles. The molecule has 0 spiro atoms. The van der Waals surface area contributed by atoms with Crippen LogP contribution in [0.3, 0.4) is 0 Å². The summed E-state index contributed by atoms with van der Waals surface area (Å²) in [6.45, 7) is 11.2. The summed E-state index contributed by atoms with van der Waals surface area (Å²) >= 11 is 0. The molecule has 320 valence electrons. The first-order chi connectivity index (χ1) is 32.4. The van der Waals surface area contributed by atoms with E-state index in [-0.39, 0.29) is 5.41 Å². The summed E-state index contributed by atoms with van der Waals surface area (Å²) < 4.78 is 0. The summed E-state index contributed by atoms with van der Waals surface area (Å²) in [4.78, 5) is 15.5. The molecule has 1 heterocycles. The highest BCUT2D eigenvalue weighted by molar-refractivity contribution is 6.14. The molecule has 9 aromatic rings. The van der Waals surface area contributed by atoms with Crippen molar-refractivity contribution in [3.63, 3.8) is 0 Å². The number of hydrogen-bond acceptors (Lipinski definition) is 3. The van der Waals surface area contributed by atoms with Gasteiger partial charge in [0.1, 0.15) is 0 Å². The average Bonchev–Trinajstić information content (AvgIpc) is 3.40. The lowest BCUT2D eigenvalue weighted by atomic mass is 9.70. The van der Waals surface area contributed by atoms with Gasteiger partial charge in [-0.1, -0.05) is 239 Å². The number of hydrogen-bond donors (Lipinski definition) is 0. The van der Waals surface area contributed by atoms with Gasteiger partial charge in [0, 0.05) is 27.7 Å². The second-order valence-corrected chi connectivity index (χ2v) is 16.8. The molecule has 0 radical (unpaired) electrons. The molecule has 0 saturated heterocycles. The minimum Gasteiger partial charge on any atom is -0.248 e. The van der Waals surface area contributed by atoms with Crippen molar-refractivity contribution >= 4 is 17.0 Å². The van der Waals surface area contributed by atoms with Gasteiger partial charge < -0.3 is 0 Å². The Balaban J connectivity index is 1.03. The first kappa shape index (κ1) is 43.3. The van der Waals surface area contributed by atoms with Crippen LogP contribution in [-0.4, -0.2) is 15.7 Å². The molecular formula is C63H53N3. The van der Waals surface area contributed by atoms with Gasteiger partial charge in [-0.15, -0.1) is 0 Å². The minimum atomic E-state index is -0.194. The third-order valence-corrected chi connectivity index (χ3v) is 12.9. The zero-order chi connectivity index (χ0) is 45.3. The predicted molar refractivity (Wildman–Crippen MR) is 279 cm³/mol. The first-order valence-electron chi connectivity index (χ1n) is 22.9. The Kier molecular flexibility index (Phi) is 13.0. The fourth-order valence-electron chi connectivity index (χ4n) is 8.94. The van der Waals surface area contributed by atoms with Crippen molar-refractivity contribution in [3.05, 3.63) is 265 Å². The number of aliphatic imine (C=N–C) groups is 1. The molecule has 66 heavy (non-hydrogen) atoms. The van der Waals surface area contributed by atoms with E-state index in [9.17, 15) is 0 Å². The molecule has 0 fully saturated rings. The van der Waals surface area contributed by atoms with E-state index in [1.807, 2.05) is 24.3 Å². The van der Waals surface area contributed by atoms with Crippen molar-refractivity contribution in [2.45, 2.75) is 39.0 Å². The van der Waals surface area contributed by atoms with E-state index >= 15 is 0 Å². The van der Waals surface area contributed by atoms with Crippen LogP contribution < -0.4 is 0 Å². The second-order valence-electron chi connectivity index (χ2n) is 16.8. The molecule has 0 atom stereocenters. The van der Waals surface area contributed by atoms with Gasteiger partial charge in [0.2, 0.25) is 0 Å². The van der Waals surface area contributed by atoms with Crippen LogP contribution >= 0.6 is 0 Å². The van der Waals surface area contributed by atoms with Crippen molar-refractivity contribution in [1.82, 2.24) is 9.97 Å². The van der Waals surface area contributed by atoms with Gasteiger partial charge in [-0.25, -0.2) is 15.0 Å². The van der Waals surface area contributed by atoms with Gasteiger partial charge in [-0.3, -0.25) is 0 Å². The molecule has 0 bridgehead atoms. The maximum Gasteiger partial charge on any atom is 0.160 e. The molecule has 0 aliphatic heterocycles. The van der Waals surface area contributed by atoms with E-state index in [2.05, 4.69) is 234 Å². The van der Waals surface area contributed by atoms with Crippen LogP contribution in [0.5, 0.6) is 0 Å². The van der Waals surface area contributed by atoms with Crippen LogP contribution in [0.4, 0.5) is 0 Å². The van der Waals surface area contributed by atoms with Crippen LogP contribution in [-0.2, 0) is 5.41 Å². The highest BCUT2D eigenvalue weighted by Crippen LogP contribution is 2.40. The lowest BCUT2D eigenvalue weighted by molar-refractivity contribution is 0.478. The van der Waals surface area contributed by atoms with Crippen LogP contribution in [0, 0.1) is 0 Å². The summed E-state index contributed by atoms with van der Waals surface area (Å²) in [5.41, 5.74) is 17.8. The average molecular weight is 852 g/mol. The molecule has 0 amide bonds. The molecule has 3 heteroatoms. The van der Waals surface area contributed by atoms with Crippen LogP contribution in [0.25, 0.3) is 67.4 Å². The van der Waals surface area contributed by atoms with Crippen LogP contribution in [0.2, 0.25) is 0 Å². The van der Waals surface area contributed by atoms with E-state index in [1.165, 1.54) is 22.3 Å². The molecule has 1 aromatic heterocycles. The normalized spacial score (nSPS) is 11.9. The Morgan fingerprint density at radius 2 is 0.818 bits per heavy atom. The summed E-state index contributed by atoms with van der Waals surface area (Å²) in [5.74, 6) is 0.702. The quantitative estimate of drug-likeness (QED) is 0.102. The third kappa shape index (κ3) is 9.43. The van der Waals surface area contributed by atoms with E-state index in [0.717, 1.165) is 85.7 Å². The molecule has 0 unspecified atom stereocenters. The molecule has 0 N–H and O–H groups in total. The smallest absolute Gasteiger partial charge is 0.160 e. The SMILES string of the molecule is C=C(N=C(/C=C(\C)c1ccccc1)c1ccc(C(CC)(CC)c2ccc(-c3cc(-c4ccccc4)nc(-c4ccc(-c5ccccc5)cc4)n3)cc2)cc1)c1ccc(-c2ccccc2)cc1. The fourth-order valence-corrected chi connectivity index (χ4v) is 8.94. The molecule has 0 aliphatic rings. The van der Waals surface area contributed by atoms with Gasteiger partial charge >= 0.3 is 0 Å². The third-order valence-electron chi connectivity index (χ3n) is 12.9. The van der Waals surface area contributed by atoms with Gasteiger partial charge in [0.25, 0.3) is 0 Å². The van der Waals surface area contributed by atoms with Crippen molar-refractivity contribution in [1.29, 1.82) is 0 Å². The Bertz CT molecular complexity index is 3090. The molecule has 3 nitrogen and oxygen atoms in total. The summed E-state index contributed by atoms with van der Waals surface area (Å²) in [5, 5.41) is 0. The van der Waals surface area contributed by atoms with Crippen LogP contribution in [0.1, 0.15) is 61.4 Å². The zero-order valence-electron chi connectivity index (χ0n) is 37.9. The molecule has 0 saturated carbocycles. The highest BCUT2D eigenvalue weighted by Gasteiger charge is 2.31. The van der Waals surface area contributed by atoms with Gasteiger partial charge in [-0.05, 0) is 82.0 Å². The van der Waals surface area contributed by atoms with Crippen LogP contribution in [0.15, 0.2) is 242 Å². The summed E-state index contributed by atoms with van der Waals surface area (Å²) in [6, 6.07) is 79.0. The summed E-state index contributed by atoms with van der Waals surface area (Å²) in [6.07, 6.45) is 4.07. The zero-order valence-corrected chi connectivity index (χ0v) is 37.9. The van der Waals surface area contributed by atoms with Crippen molar-refractivity contribution < 1.29 is 0 Å². The van der Waals surface area contributed by atoms with E-state index in [4.69, 9.17) is 15.0 Å². The molecule has 9 rings (SSSR count). The highest BCUT2D eigenvalue weighted by atomic mass is 14.9. The van der Waals surface area contributed by atoms with E-state index in [1.54, 1.807) is 0 Å². The lowest BCUT2D eigenvalue weighted by Gasteiger charge is -2.33. The van der Waals surface area contributed by atoms with Crippen molar-refractivity contribution in [2.75, 3.05) is 0 Å². The topological polar surface area (TPSA) is 38.1 Å². The number of benzene rings is 8. The Labute approximate surface area is 390 Å². The second kappa shape index (κ2) is 19.8. The maximum atomic E-state index is 5.22. The number of allylic oxidation sites excluding steroid dienone is 2. The van der Waals surface area contributed by atoms with Crippen molar-refractivity contribution in [3.8, 4) is 56.2 Å². The fraction of sp³-hybridized carbons (Fsp3) is 0.0952. The Morgan fingerprint density at radius 3 is 1.32 bits per heavy atom. The standard InChI is InChI=1S/C63H53N3/c1-5-63(6-2,57-39-35-54(36-40-57)59(43-45(3)47-19-11-7-12-20-47)64-46(4)48-27-29-51(30-28-48)49-21-13-8-14-22-49)58-41-37-55(38-42-58)61-44-60(53-25-17-10-18-26-53)65-62(66-61)56-33-31-52(32-34-56)50-23-15-9-16-24-50/h7-44H,4-6H2,1-3H3/b45-43+,64-59?. The van der Waals surface area contributed by atoms with Gasteiger partial charge in [-0.2, -0.15) is 0 Å². The number of rotatable bonds is 14. The molecular weight excluding hydrogens is 799 g/mol. The Morgan fingerprint density at radius 1 is 0.439 bits per heavy atom. The summed E-state index contributed by atoms with van der Waals surface area (Å²) in [7, 11) is 0. The first-order valence-corrected chi connectivity index (χ1v) is 22.9. The minimum absolute atomic E-state index is 0.194.